The fourth-order valence-corrected chi connectivity index (χ4v) is 4.07. The monoisotopic (exact) mass is 288 g/mol. The van der Waals surface area contributed by atoms with Gasteiger partial charge in [0.25, 0.3) is 0 Å². The van der Waals surface area contributed by atoms with Crippen molar-refractivity contribution >= 4 is 8.56 Å². The summed E-state index contributed by atoms with van der Waals surface area (Å²) in [5, 5.41) is 0. The van der Waals surface area contributed by atoms with Gasteiger partial charge >= 0.3 is 8.56 Å². The third-order valence-corrected chi connectivity index (χ3v) is 5.27. The molecule has 19 heavy (non-hydrogen) atoms. The lowest BCUT2D eigenvalue weighted by Gasteiger charge is -2.27. The van der Waals surface area contributed by atoms with Gasteiger partial charge in [0.05, 0.1) is 0 Å². The van der Waals surface area contributed by atoms with Gasteiger partial charge in [-0.3, -0.25) is 0 Å². The van der Waals surface area contributed by atoms with Gasteiger partial charge in [-0.15, -0.1) is 0 Å². The van der Waals surface area contributed by atoms with Crippen LogP contribution in [0.3, 0.4) is 0 Å². The van der Waals surface area contributed by atoms with Crippen molar-refractivity contribution in [3.63, 3.8) is 0 Å². The Bertz CT molecular complexity index is 195. The normalized spacial score (nSPS) is 13.7. The van der Waals surface area contributed by atoms with Crippen LogP contribution >= 0.6 is 0 Å². The third-order valence-electron chi connectivity index (χ3n) is 3.40. The van der Waals surface area contributed by atoms with Gasteiger partial charge in [-0.1, -0.05) is 58.8 Å². The summed E-state index contributed by atoms with van der Waals surface area (Å²) in [4.78, 5) is 0. The Labute approximate surface area is 122 Å². The molecule has 0 aromatic carbocycles. The molecule has 1 unspecified atom stereocenters. The van der Waals surface area contributed by atoms with Crippen molar-refractivity contribution in [1.82, 2.24) is 0 Å². The molecule has 0 spiro atoms. The molecular formula is C16H36O2Si. The molecule has 0 saturated carbocycles. The molecular weight excluding hydrogens is 252 g/mol. The zero-order valence-corrected chi connectivity index (χ0v) is 15.0. The van der Waals surface area contributed by atoms with Crippen LogP contribution in [-0.2, 0) is 8.85 Å². The fourth-order valence-electron chi connectivity index (χ4n) is 2.28. The van der Waals surface area contributed by atoms with Crippen molar-refractivity contribution in [2.75, 3.05) is 6.61 Å². The highest BCUT2D eigenvalue weighted by molar-refractivity contribution is 6.64. The first-order valence-electron chi connectivity index (χ1n) is 8.33. The summed E-state index contributed by atoms with van der Waals surface area (Å²) in [6, 6.07) is 0. The minimum atomic E-state index is -1.90. The maximum Gasteiger partial charge on any atom is 0.331 e. The van der Waals surface area contributed by atoms with E-state index in [1.165, 1.54) is 57.8 Å². The SMILES string of the molecule is CCCCCCO[Si](C)(C)OC(C)CCCCCC. The van der Waals surface area contributed by atoms with Crippen LogP contribution in [0.1, 0.15) is 78.6 Å². The number of hydrogen-bond acceptors (Lipinski definition) is 2. The van der Waals surface area contributed by atoms with Gasteiger partial charge in [0, 0.05) is 12.7 Å². The summed E-state index contributed by atoms with van der Waals surface area (Å²) in [6.45, 7) is 11.9. The van der Waals surface area contributed by atoms with E-state index in [2.05, 4.69) is 33.9 Å². The molecule has 0 rings (SSSR count). The molecule has 2 nitrogen and oxygen atoms in total. The minimum absolute atomic E-state index is 0.356. The van der Waals surface area contributed by atoms with Gasteiger partial charge < -0.3 is 8.85 Å². The van der Waals surface area contributed by atoms with Crippen LogP contribution in [0.5, 0.6) is 0 Å². The first-order chi connectivity index (χ1) is 9.02. The average Bonchev–Trinajstić information content (AvgIpc) is 2.34. The van der Waals surface area contributed by atoms with Gasteiger partial charge in [0.1, 0.15) is 0 Å². The van der Waals surface area contributed by atoms with E-state index in [9.17, 15) is 0 Å². The molecule has 0 aliphatic heterocycles. The number of rotatable bonds is 13. The molecule has 0 N–H and O–H groups in total. The van der Waals surface area contributed by atoms with Crippen LogP contribution in [-0.4, -0.2) is 21.3 Å². The maximum absolute atomic E-state index is 6.14. The summed E-state index contributed by atoms with van der Waals surface area (Å²) in [7, 11) is -1.90. The van der Waals surface area contributed by atoms with Crippen LogP contribution in [0.4, 0.5) is 0 Å². The maximum atomic E-state index is 6.14. The molecule has 0 aliphatic carbocycles. The van der Waals surface area contributed by atoms with E-state index >= 15 is 0 Å². The van der Waals surface area contributed by atoms with Gasteiger partial charge in [0.15, 0.2) is 0 Å². The average molecular weight is 289 g/mol. The van der Waals surface area contributed by atoms with E-state index in [1.807, 2.05) is 0 Å². The van der Waals surface area contributed by atoms with Crippen molar-refractivity contribution in [2.45, 2.75) is 97.8 Å². The van der Waals surface area contributed by atoms with Crippen LogP contribution in [0.25, 0.3) is 0 Å². The second-order valence-corrected chi connectivity index (χ2v) is 9.41. The molecule has 0 amide bonds. The highest BCUT2D eigenvalue weighted by Crippen LogP contribution is 2.15. The Morgan fingerprint density at radius 3 is 2.00 bits per heavy atom. The second kappa shape index (κ2) is 11.9. The van der Waals surface area contributed by atoms with Crippen LogP contribution in [0, 0.1) is 0 Å². The lowest BCUT2D eigenvalue weighted by molar-refractivity contribution is 0.122. The lowest BCUT2D eigenvalue weighted by atomic mass is 10.1. The summed E-state index contributed by atoms with van der Waals surface area (Å²) in [5.74, 6) is 0. The zero-order valence-electron chi connectivity index (χ0n) is 14.0. The molecule has 0 radical (unpaired) electrons. The molecule has 0 aromatic heterocycles. The van der Waals surface area contributed by atoms with Crippen molar-refractivity contribution in [3.05, 3.63) is 0 Å². The van der Waals surface area contributed by atoms with Gasteiger partial charge in [-0.25, -0.2) is 0 Å². The van der Waals surface area contributed by atoms with Crippen molar-refractivity contribution in [1.29, 1.82) is 0 Å². The zero-order chi connectivity index (χ0) is 14.6. The Kier molecular flexibility index (Phi) is 12.0. The topological polar surface area (TPSA) is 18.5 Å². The van der Waals surface area contributed by atoms with E-state index < -0.39 is 8.56 Å². The molecule has 0 bridgehead atoms. The lowest BCUT2D eigenvalue weighted by Crippen LogP contribution is -2.38. The standard InChI is InChI=1S/C16H36O2Si/c1-6-8-10-12-14-16(3)18-19(4,5)17-15-13-11-9-7-2/h16H,6-15H2,1-5H3. The van der Waals surface area contributed by atoms with Crippen LogP contribution < -0.4 is 0 Å². The smallest absolute Gasteiger partial charge is 0.331 e. The predicted molar refractivity (Wildman–Crippen MR) is 86.9 cm³/mol. The van der Waals surface area contributed by atoms with Gasteiger partial charge in [0.2, 0.25) is 0 Å². The highest BCUT2D eigenvalue weighted by atomic mass is 28.4. The molecule has 116 valence electrons. The summed E-state index contributed by atoms with van der Waals surface area (Å²) >= 11 is 0. The van der Waals surface area contributed by atoms with Crippen LogP contribution in [0.15, 0.2) is 0 Å². The number of unbranched alkanes of at least 4 members (excludes halogenated alkanes) is 6. The largest absolute Gasteiger partial charge is 0.395 e. The number of hydrogen-bond donors (Lipinski definition) is 0. The Balaban J connectivity index is 3.62. The predicted octanol–water partition coefficient (Wildman–Crippen LogP) is 5.66. The Hall–Kier alpha value is 0.137. The second-order valence-electron chi connectivity index (χ2n) is 6.09. The minimum Gasteiger partial charge on any atom is -0.395 e. The summed E-state index contributed by atoms with van der Waals surface area (Å²) < 4.78 is 12.1. The van der Waals surface area contributed by atoms with E-state index in [-0.39, 0.29) is 0 Å². The molecule has 0 aliphatic rings. The molecule has 0 heterocycles. The first-order valence-corrected chi connectivity index (χ1v) is 11.1. The molecule has 0 saturated heterocycles. The summed E-state index contributed by atoms with van der Waals surface area (Å²) in [6.07, 6.45) is 11.9. The quantitative estimate of drug-likeness (QED) is 0.321. The Morgan fingerprint density at radius 2 is 1.42 bits per heavy atom. The fraction of sp³-hybridized carbons (Fsp3) is 1.00. The van der Waals surface area contributed by atoms with E-state index in [1.54, 1.807) is 0 Å². The molecule has 0 fully saturated rings. The first kappa shape index (κ1) is 19.1. The third kappa shape index (κ3) is 12.9. The summed E-state index contributed by atoms with van der Waals surface area (Å²) in [5.41, 5.74) is 0. The van der Waals surface area contributed by atoms with Gasteiger partial charge in [-0.05, 0) is 32.9 Å². The van der Waals surface area contributed by atoms with E-state index in [0.717, 1.165) is 6.61 Å². The van der Waals surface area contributed by atoms with Crippen molar-refractivity contribution in [3.8, 4) is 0 Å². The molecule has 1 atom stereocenters. The van der Waals surface area contributed by atoms with Crippen molar-refractivity contribution < 1.29 is 8.85 Å². The molecule has 0 aromatic rings. The van der Waals surface area contributed by atoms with E-state index in [4.69, 9.17) is 8.85 Å². The Morgan fingerprint density at radius 1 is 0.842 bits per heavy atom. The molecule has 3 heteroatoms. The van der Waals surface area contributed by atoms with Crippen LogP contribution in [0.2, 0.25) is 13.1 Å². The van der Waals surface area contributed by atoms with Gasteiger partial charge in [-0.2, -0.15) is 0 Å². The van der Waals surface area contributed by atoms with Crippen molar-refractivity contribution in [2.24, 2.45) is 0 Å². The van der Waals surface area contributed by atoms with E-state index in [0.29, 0.717) is 6.10 Å². The highest BCUT2D eigenvalue weighted by Gasteiger charge is 2.26.